The van der Waals surface area contributed by atoms with Crippen LogP contribution in [0.15, 0.2) is 17.4 Å². The summed E-state index contributed by atoms with van der Waals surface area (Å²) in [5, 5.41) is 9.25. The van der Waals surface area contributed by atoms with Gasteiger partial charge in [0.15, 0.2) is 0 Å². The van der Waals surface area contributed by atoms with Gasteiger partial charge in [-0.3, -0.25) is 5.01 Å². The van der Waals surface area contributed by atoms with Gasteiger partial charge in [-0.25, -0.2) is 9.97 Å². The molecule has 1 aromatic rings. The monoisotopic (exact) mass is 277 g/mol. The number of nitrogens with one attached hydrogen (secondary N) is 1. The summed E-state index contributed by atoms with van der Waals surface area (Å²) in [4.78, 5) is 8.81. The lowest BCUT2D eigenvalue weighted by Gasteiger charge is -2.20. The van der Waals surface area contributed by atoms with Gasteiger partial charge in [-0.15, -0.1) is 0 Å². The Morgan fingerprint density at radius 2 is 2.30 bits per heavy atom. The molecule has 3 atom stereocenters. The molecule has 1 aliphatic heterocycles. The Balaban J connectivity index is 2.10. The number of hydrazone groups is 1. The van der Waals surface area contributed by atoms with Crippen LogP contribution in [-0.2, 0) is 0 Å². The van der Waals surface area contributed by atoms with Crippen LogP contribution < -0.4 is 16.8 Å². The molecule has 3 unspecified atom stereocenters. The zero-order valence-electron chi connectivity index (χ0n) is 12.0. The van der Waals surface area contributed by atoms with E-state index in [1.165, 1.54) is 0 Å². The smallest absolute Gasteiger partial charge is 0.223 e. The van der Waals surface area contributed by atoms with Crippen molar-refractivity contribution in [2.24, 2.45) is 16.6 Å². The standard InChI is InChI=1S/C13H23N7/c1-3-9(4-6-14)18-13-16-7-5-11(19-13)10-8-17-20(2)12(10)15/h5,7-10,12H,3-4,6,14-15H2,1-2H3,(H,16,18,19). The van der Waals surface area contributed by atoms with Gasteiger partial charge in [0.25, 0.3) is 0 Å². The van der Waals surface area contributed by atoms with Crippen LogP contribution in [0.5, 0.6) is 0 Å². The van der Waals surface area contributed by atoms with Crippen molar-refractivity contribution in [3.05, 3.63) is 18.0 Å². The zero-order valence-corrected chi connectivity index (χ0v) is 12.0. The summed E-state index contributed by atoms with van der Waals surface area (Å²) >= 11 is 0. The number of hydrogen-bond acceptors (Lipinski definition) is 7. The summed E-state index contributed by atoms with van der Waals surface area (Å²) in [6.45, 7) is 2.77. The van der Waals surface area contributed by atoms with Gasteiger partial charge in [-0.2, -0.15) is 5.10 Å². The first-order valence-corrected chi connectivity index (χ1v) is 6.97. The van der Waals surface area contributed by atoms with Gasteiger partial charge in [-0.1, -0.05) is 6.92 Å². The quantitative estimate of drug-likeness (QED) is 0.691. The topological polar surface area (TPSA) is 105 Å². The molecule has 20 heavy (non-hydrogen) atoms. The molecule has 0 saturated carbocycles. The summed E-state index contributed by atoms with van der Waals surface area (Å²) in [7, 11) is 1.86. The Kier molecular flexibility index (Phi) is 4.86. The lowest BCUT2D eigenvalue weighted by Crippen LogP contribution is -2.37. The molecule has 0 aliphatic carbocycles. The van der Waals surface area contributed by atoms with E-state index < -0.39 is 0 Å². The van der Waals surface area contributed by atoms with E-state index in [1.54, 1.807) is 11.2 Å². The molecule has 7 heteroatoms. The molecule has 0 aromatic carbocycles. The van der Waals surface area contributed by atoms with E-state index in [1.807, 2.05) is 19.3 Å². The van der Waals surface area contributed by atoms with Crippen LogP contribution in [0.4, 0.5) is 5.95 Å². The fourth-order valence-corrected chi connectivity index (χ4v) is 2.22. The molecule has 0 amide bonds. The van der Waals surface area contributed by atoms with E-state index in [0.29, 0.717) is 18.5 Å². The third-order valence-electron chi connectivity index (χ3n) is 3.57. The Morgan fingerprint density at radius 1 is 1.50 bits per heavy atom. The minimum Gasteiger partial charge on any atom is -0.351 e. The summed E-state index contributed by atoms with van der Waals surface area (Å²) in [6.07, 6.45) is 5.28. The third kappa shape index (κ3) is 3.23. The highest BCUT2D eigenvalue weighted by Gasteiger charge is 2.27. The average Bonchev–Trinajstić information content (AvgIpc) is 2.79. The van der Waals surface area contributed by atoms with Crippen LogP contribution in [0.1, 0.15) is 31.4 Å². The van der Waals surface area contributed by atoms with Gasteiger partial charge in [0.05, 0.1) is 11.6 Å². The first-order chi connectivity index (χ1) is 9.65. The number of nitrogens with two attached hydrogens (primary N) is 2. The summed E-state index contributed by atoms with van der Waals surface area (Å²) in [6, 6.07) is 2.17. The number of likely N-dealkylation sites (N-methyl/N-ethyl adjacent to an activating group) is 1. The maximum atomic E-state index is 6.08. The van der Waals surface area contributed by atoms with E-state index in [2.05, 4.69) is 27.3 Å². The normalized spacial score (nSPS) is 23.1. The van der Waals surface area contributed by atoms with Gasteiger partial charge >= 0.3 is 0 Å². The van der Waals surface area contributed by atoms with Crippen molar-refractivity contribution in [3.8, 4) is 0 Å². The average molecular weight is 277 g/mol. The first-order valence-electron chi connectivity index (χ1n) is 6.97. The molecule has 1 aliphatic rings. The van der Waals surface area contributed by atoms with Crippen molar-refractivity contribution < 1.29 is 0 Å². The first kappa shape index (κ1) is 14.7. The fraction of sp³-hybridized carbons (Fsp3) is 0.615. The highest BCUT2D eigenvalue weighted by atomic mass is 15.5. The minimum absolute atomic E-state index is 0.00173. The second kappa shape index (κ2) is 6.62. The summed E-state index contributed by atoms with van der Waals surface area (Å²) in [5.41, 5.74) is 12.6. The highest BCUT2D eigenvalue weighted by molar-refractivity contribution is 5.69. The highest BCUT2D eigenvalue weighted by Crippen LogP contribution is 2.22. The van der Waals surface area contributed by atoms with Crippen molar-refractivity contribution in [1.82, 2.24) is 15.0 Å². The largest absolute Gasteiger partial charge is 0.351 e. The predicted octanol–water partition coefficient (Wildman–Crippen LogP) is 0.316. The lowest BCUT2D eigenvalue weighted by atomic mass is 10.0. The second-order valence-corrected chi connectivity index (χ2v) is 4.99. The maximum absolute atomic E-state index is 6.08. The van der Waals surface area contributed by atoms with Crippen LogP contribution in [0.2, 0.25) is 0 Å². The van der Waals surface area contributed by atoms with Gasteiger partial charge < -0.3 is 16.8 Å². The minimum atomic E-state index is -0.177. The van der Waals surface area contributed by atoms with Crippen molar-refractivity contribution >= 4 is 12.2 Å². The molecule has 110 valence electrons. The SMILES string of the molecule is CCC(CCN)Nc1nccc(C2C=NN(C)C2N)n1. The maximum Gasteiger partial charge on any atom is 0.223 e. The van der Waals surface area contributed by atoms with Crippen molar-refractivity contribution in [2.75, 3.05) is 18.9 Å². The second-order valence-electron chi connectivity index (χ2n) is 4.99. The molecule has 0 saturated heterocycles. The molecule has 0 radical (unpaired) electrons. The van der Waals surface area contributed by atoms with E-state index in [9.17, 15) is 0 Å². The molecule has 0 bridgehead atoms. The number of hydrogen-bond donors (Lipinski definition) is 3. The Hall–Kier alpha value is -1.73. The number of anilines is 1. The molecule has 0 spiro atoms. The number of rotatable bonds is 6. The Morgan fingerprint density at radius 3 is 2.90 bits per heavy atom. The molecular weight excluding hydrogens is 254 g/mol. The fourth-order valence-electron chi connectivity index (χ4n) is 2.22. The molecular formula is C13H23N7. The van der Waals surface area contributed by atoms with Crippen LogP contribution in [0.25, 0.3) is 0 Å². The molecule has 2 rings (SSSR count). The van der Waals surface area contributed by atoms with Gasteiger partial charge in [0, 0.05) is 25.5 Å². The van der Waals surface area contributed by atoms with Crippen LogP contribution in [0.3, 0.4) is 0 Å². The van der Waals surface area contributed by atoms with Crippen molar-refractivity contribution in [2.45, 2.75) is 37.9 Å². The summed E-state index contributed by atoms with van der Waals surface area (Å²) in [5.74, 6) is 0.621. The van der Waals surface area contributed by atoms with Crippen molar-refractivity contribution in [3.63, 3.8) is 0 Å². The predicted molar refractivity (Wildman–Crippen MR) is 80.4 cm³/mol. The van der Waals surface area contributed by atoms with Crippen LogP contribution >= 0.6 is 0 Å². The Bertz CT molecular complexity index is 462. The number of nitrogens with zero attached hydrogens (tertiary/aromatic N) is 4. The molecule has 1 aromatic heterocycles. The molecule has 2 heterocycles. The summed E-state index contributed by atoms with van der Waals surface area (Å²) < 4.78 is 0. The van der Waals surface area contributed by atoms with Crippen LogP contribution in [0, 0.1) is 0 Å². The van der Waals surface area contributed by atoms with Crippen molar-refractivity contribution in [1.29, 1.82) is 0 Å². The Labute approximate surface area is 119 Å². The van der Waals surface area contributed by atoms with Gasteiger partial charge in [0.2, 0.25) is 5.95 Å². The molecule has 7 nitrogen and oxygen atoms in total. The molecule has 0 fully saturated rings. The van der Waals surface area contributed by atoms with Gasteiger partial charge in [-0.05, 0) is 25.5 Å². The van der Waals surface area contributed by atoms with Crippen LogP contribution in [-0.4, -0.2) is 47.0 Å². The molecule has 5 N–H and O–H groups in total. The van der Waals surface area contributed by atoms with E-state index in [0.717, 1.165) is 18.5 Å². The van der Waals surface area contributed by atoms with Gasteiger partial charge in [0.1, 0.15) is 6.17 Å². The van der Waals surface area contributed by atoms with E-state index in [-0.39, 0.29) is 12.1 Å². The zero-order chi connectivity index (χ0) is 14.5. The van der Waals surface area contributed by atoms with E-state index in [4.69, 9.17) is 11.5 Å². The van der Waals surface area contributed by atoms with E-state index >= 15 is 0 Å². The number of aromatic nitrogens is 2. The third-order valence-corrected chi connectivity index (χ3v) is 3.57. The lowest BCUT2D eigenvalue weighted by molar-refractivity contribution is 0.275.